The predicted molar refractivity (Wildman–Crippen MR) is 66.3 cm³/mol. The van der Waals surface area contributed by atoms with E-state index in [0.29, 0.717) is 24.1 Å². The van der Waals surface area contributed by atoms with Gasteiger partial charge in [-0.25, -0.2) is 0 Å². The molecular weight excluding hydrogens is 230 g/mol. The Balaban J connectivity index is 2.12. The van der Waals surface area contributed by atoms with Gasteiger partial charge >= 0.3 is 0 Å². The Morgan fingerprint density at radius 2 is 1.67 bits per heavy atom. The summed E-state index contributed by atoms with van der Waals surface area (Å²) in [6, 6.07) is 6.80. The van der Waals surface area contributed by atoms with Crippen LogP contribution in [0.15, 0.2) is 24.3 Å². The molecular formula is C14H15NO3. The Bertz CT molecular complexity index is 487. The van der Waals surface area contributed by atoms with Gasteiger partial charge in [-0.15, -0.1) is 0 Å². The molecule has 0 spiro atoms. The van der Waals surface area contributed by atoms with Crippen molar-refractivity contribution >= 4 is 17.6 Å². The van der Waals surface area contributed by atoms with E-state index >= 15 is 0 Å². The third-order valence-corrected chi connectivity index (χ3v) is 3.36. The highest BCUT2D eigenvalue weighted by Gasteiger charge is 2.34. The van der Waals surface area contributed by atoms with Crippen LogP contribution in [0.5, 0.6) is 0 Å². The molecule has 18 heavy (non-hydrogen) atoms. The fraction of sp³-hybridized carbons (Fsp3) is 0.357. The normalized spacial score (nSPS) is 15.8. The predicted octanol–water partition coefficient (Wildman–Crippen LogP) is 1.90. The van der Waals surface area contributed by atoms with Crippen molar-refractivity contribution in [3.05, 3.63) is 35.4 Å². The monoisotopic (exact) mass is 245 g/mol. The maximum atomic E-state index is 12.0. The van der Waals surface area contributed by atoms with Crippen LogP contribution in [0.1, 0.15) is 41.0 Å². The number of Topliss-reactive ketones (excluding diaryl/α,β-unsaturated/α-hetero) is 1. The van der Waals surface area contributed by atoms with Crippen molar-refractivity contribution in [3.8, 4) is 0 Å². The SMILES string of the molecule is CC(=O)[C@@H](C)CCN1C(=O)c2ccccc2C1=O. The molecule has 4 nitrogen and oxygen atoms in total. The summed E-state index contributed by atoms with van der Waals surface area (Å²) in [5.74, 6) is -0.571. The van der Waals surface area contributed by atoms with Crippen molar-refractivity contribution in [2.24, 2.45) is 5.92 Å². The van der Waals surface area contributed by atoms with E-state index in [-0.39, 0.29) is 23.5 Å². The van der Waals surface area contributed by atoms with Crippen molar-refractivity contribution < 1.29 is 14.4 Å². The lowest BCUT2D eigenvalue weighted by Crippen LogP contribution is -2.32. The molecule has 1 aliphatic rings. The second-order valence-corrected chi connectivity index (χ2v) is 4.61. The molecule has 1 atom stereocenters. The zero-order valence-electron chi connectivity index (χ0n) is 10.5. The first-order valence-corrected chi connectivity index (χ1v) is 5.98. The van der Waals surface area contributed by atoms with Crippen molar-refractivity contribution in [2.75, 3.05) is 6.54 Å². The van der Waals surface area contributed by atoms with Crippen LogP contribution < -0.4 is 0 Å². The summed E-state index contributed by atoms with van der Waals surface area (Å²) in [5, 5.41) is 0. The minimum atomic E-state index is -0.258. The van der Waals surface area contributed by atoms with E-state index in [4.69, 9.17) is 0 Å². The number of benzene rings is 1. The van der Waals surface area contributed by atoms with Crippen molar-refractivity contribution in [1.29, 1.82) is 0 Å². The number of carbonyl (C=O) groups excluding carboxylic acids is 3. The summed E-state index contributed by atoms with van der Waals surface area (Å²) in [4.78, 5) is 36.4. The van der Waals surface area contributed by atoms with Crippen LogP contribution in [-0.4, -0.2) is 29.0 Å². The summed E-state index contributed by atoms with van der Waals surface area (Å²) < 4.78 is 0. The van der Waals surface area contributed by atoms with Crippen molar-refractivity contribution in [2.45, 2.75) is 20.3 Å². The molecule has 4 heteroatoms. The second-order valence-electron chi connectivity index (χ2n) is 4.61. The summed E-state index contributed by atoms with van der Waals surface area (Å²) in [7, 11) is 0. The molecule has 0 fully saturated rings. The van der Waals surface area contributed by atoms with Gasteiger partial charge in [0.15, 0.2) is 0 Å². The molecule has 1 aromatic rings. The highest BCUT2D eigenvalue weighted by atomic mass is 16.2. The van der Waals surface area contributed by atoms with Gasteiger partial charge in [0, 0.05) is 12.5 Å². The quantitative estimate of drug-likeness (QED) is 0.761. The maximum Gasteiger partial charge on any atom is 0.261 e. The smallest absolute Gasteiger partial charge is 0.261 e. The molecule has 0 radical (unpaired) electrons. The minimum Gasteiger partial charge on any atom is -0.300 e. The van der Waals surface area contributed by atoms with Crippen LogP contribution in [0.4, 0.5) is 0 Å². The van der Waals surface area contributed by atoms with Gasteiger partial charge in [0.05, 0.1) is 11.1 Å². The van der Waals surface area contributed by atoms with Crippen LogP contribution >= 0.6 is 0 Å². The number of amides is 2. The number of fused-ring (bicyclic) bond motifs is 1. The fourth-order valence-electron chi connectivity index (χ4n) is 1.97. The van der Waals surface area contributed by atoms with Crippen molar-refractivity contribution in [1.82, 2.24) is 4.90 Å². The fourth-order valence-corrected chi connectivity index (χ4v) is 1.97. The average molecular weight is 245 g/mol. The molecule has 0 N–H and O–H groups in total. The molecule has 1 aliphatic heterocycles. The molecule has 0 saturated heterocycles. The van der Waals surface area contributed by atoms with Gasteiger partial charge < -0.3 is 0 Å². The van der Waals surface area contributed by atoms with Crippen LogP contribution in [0.3, 0.4) is 0 Å². The number of rotatable bonds is 4. The Morgan fingerprint density at radius 1 is 1.17 bits per heavy atom. The number of carbonyl (C=O) groups is 3. The first kappa shape index (κ1) is 12.5. The minimum absolute atomic E-state index is 0.0756. The zero-order valence-corrected chi connectivity index (χ0v) is 10.5. The Morgan fingerprint density at radius 3 is 2.11 bits per heavy atom. The molecule has 0 saturated carbocycles. The van der Waals surface area contributed by atoms with Gasteiger partial charge in [-0.05, 0) is 25.5 Å². The van der Waals surface area contributed by atoms with Crippen LogP contribution in [0.25, 0.3) is 0 Å². The number of hydrogen-bond donors (Lipinski definition) is 0. The van der Waals surface area contributed by atoms with E-state index in [0.717, 1.165) is 0 Å². The van der Waals surface area contributed by atoms with E-state index in [9.17, 15) is 14.4 Å². The molecule has 0 unspecified atom stereocenters. The Labute approximate surface area is 106 Å². The van der Waals surface area contributed by atoms with E-state index in [1.54, 1.807) is 31.2 Å². The molecule has 0 bridgehead atoms. The number of nitrogens with zero attached hydrogens (tertiary/aromatic N) is 1. The number of ketones is 1. The maximum absolute atomic E-state index is 12.0. The molecule has 0 aromatic heterocycles. The summed E-state index contributed by atoms with van der Waals surface area (Å²) in [6.45, 7) is 3.63. The first-order valence-electron chi connectivity index (χ1n) is 5.98. The summed E-state index contributed by atoms with van der Waals surface area (Å²) in [5.41, 5.74) is 0.913. The largest absolute Gasteiger partial charge is 0.300 e. The van der Waals surface area contributed by atoms with Gasteiger partial charge in [0.25, 0.3) is 11.8 Å². The Kier molecular flexibility index (Phi) is 3.28. The van der Waals surface area contributed by atoms with Crippen LogP contribution in [-0.2, 0) is 4.79 Å². The van der Waals surface area contributed by atoms with E-state index < -0.39 is 0 Å². The Hall–Kier alpha value is -1.97. The number of hydrogen-bond acceptors (Lipinski definition) is 3. The standard InChI is InChI=1S/C14H15NO3/c1-9(10(2)16)7-8-15-13(17)11-5-3-4-6-12(11)14(15)18/h3-6,9H,7-8H2,1-2H3/t9-/m0/s1. The summed E-state index contributed by atoms with van der Waals surface area (Å²) >= 11 is 0. The summed E-state index contributed by atoms with van der Waals surface area (Å²) in [6.07, 6.45) is 0.515. The third-order valence-electron chi connectivity index (χ3n) is 3.36. The molecule has 1 heterocycles. The lowest BCUT2D eigenvalue weighted by molar-refractivity contribution is -0.120. The van der Waals surface area contributed by atoms with E-state index in [1.807, 2.05) is 0 Å². The number of imide groups is 1. The average Bonchev–Trinajstić information content (AvgIpc) is 2.60. The van der Waals surface area contributed by atoms with Crippen LogP contribution in [0.2, 0.25) is 0 Å². The first-order chi connectivity index (χ1) is 8.52. The lowest BCUT2D eigenvalue weighted by Gasteiger charge is -2.15. The van der Waals surface area contributed by atoms with E-state index in [2.05, 4.69) is 0 Å². The van der Waals surface area contributed by atoms with E-state index in [1.165, 1.54) is 11.8 Å². The van der Waals surface area contributed by atoms with Crippen LogP contribution in [0, 0.1) is 5.92 Å². The zero-order chi connectivity index (χ0) is 13.3. The molecule has 1 aromatic carbocycles. The topological polar surface area (TPSA) is 54.5 Å². The molecule has 2 rings (SSSR count). The van der Waals surface area contributed by atoms with Gasteiger partial charge in [-0.3, -0.25) is 19.3 Å². The van der Waals surface area contributed by atoms with Gasteiger partial charge in [0.2, 0.25) is 0 Å². The lowest BCUT2D eigenvalue weighted by atomic mass is 10.0. The third kappa shape index (κ3) is 2.06. The van der Waals surface area contributed by atoms with Crippen molar-refractivity contribution in [3.63, 3.8) is 0 Å². The molecule has 94 valence electrons. The second kappa shape index (κ2) is 4.72. The van der Waals surface area contributed by atoms with Gasteiger partial charge in [-0.1, -0.05) is 19.1 Å². The van der Waals surface area contributed by atoms with Gasteiger partial charge in [-0.2, -0.15) is 0 Å². The molecule has 2 amide bonds. The highest BCUT2D eigenvalue weighted by molar-refractivity contribution is 6.21. The molecule has 0 aliphatic carbocycles. The van der Waals surface area contributed by atoms with Gasteiger partial charge in [0.1, 0.15) is 5.78 Å². The highest BCUT2D eigenvalue weighted by Crippen LogP contribution is 2.23.